The van der Waals surface area contributed by atoms with Gasteiger partial charge in [-0.05, 0) is 30.0 Å². The van der Waals surface area contributed by atoms with Gasteiger partial charge in [-0.15, -0.1) is 0 Å². The molecular weight excluding hydrogens is 163 g/mol. The SMILES string of the molecule is CCCC[C@H](C)c1ccc(F)cc1. The summed E-state index contributed by atoms with van der Waals surface area (Å²) < 4.78 is 12.6. The Hall–Kier alpha value is -0.850. The van der Waals surface area contributed by atoms with Gasteiger partial charge < -0.3 is 0 Å². The van der Waals surface area contributed by atoms with E-state index in [0.29, 0.717) is 5.92 Å². The molecule has 0 saturated carbocycles. The third-order valence-corrected chi connectivity index (χ3v) is 2.43. The number of rotatable bonds is 4. The molecule has 0 N–H and O–H groups in total. The molecular formula is C12H17F. The Morgan fingerprint density at radius 1 is 1.23 bits per heavy atom. The lowest BCUT2D eigenvalue weighted by molar-refractivity contribution is 0.611. The Labute approximate surface area is 79.8 Å². The van der Waals surface area contributed by atoms with Gasteiger partial charge in [0.25, 0.3) is 0 Å². The fourth-order valence-corrected chi connectivity index (χ4v) is 1.47. The van der Waals surface area contributed by atoms with Gasteiger partial charge in [0.2, 0.25) is 0 Å². The minimum atomic E-state index is -0.147. The Kier molecular flexibility index (Phi) is 3.94. The Morgan fingerprint density at radius 3 is 2.38 bits per heavy atom. The van der Waals surface area contributed by atoms with E-state index in [9.17, 15) is 4.39 Å². The van der Waals surface area contributed by atoms with Crippen molar-refractivity contribution in [1.29, 1.82) is 0 Å². The average molecular weight is 180 g/mol. The van der Waals surface area contributed by atoms with Gasteiger partial charge in [-0.2, -0.15) is 0 Å². The Morgan fingerprint density at radius 2 is 1.85 bits per heavy atom. The molecule has 0 aliphatic rings. The molecule has 0 amide bonds. The van der Waals surface area contributed by atoms with Gasteiger partial charge in [0.1, 0.15) is 5.82 Å². The first-order valence-electron chi connectivity index (χ1n) is 4.99. The summed E-state index contributed by atoms with van der Waals surface area (Å²) in [4.78, 5) is 0. The van der Waals surface area contributed by atoms with E-state index in [1.165, 1.54) is 37.0 Å². The summed E-state index contributed by atoms with van der Waals surface area (Å²) in [7, 11) is 0. The molecule has 13 heavy (non-hydrogen) atoms. The molecule has 1 aromatic carbocycles. The first-order valence-corrected chi connectivity index (χ1v) is 4.99. The van der Waals surface area contributed by atoms with Crippen molar-refractivity contribution in [1.82, 2.24) is 0 Å². The van der Waals surface area contributed by atoms with Crippen LogP contribution in [-0.4, -0.2) is 0 Å². The zero-order chi connectivity index (χ0) is 9.68. The van der Waals surface area contributed by atoms with Gasteiger partial charge in [0.15, 0.2) is 0 Å². The second kappa shape index (κ2) is 5.00. The van der Waals surface area contributed by atoms with Crippen LogP contribution >= 0.6 is 0 Å². The number of benzene rings is 1. The van der Waals surface area contributed by atoms with Gasteiger partial charge in [0, 0.05) is 0 Å². The van der Waals surface area contributed by atoms with E-state index in [4.69, 9.17) is 0 Å². The van der Waals surface area contributed by atoms with E-state index in [2.05, 4.69) is 13.8 Å². The first-order chi connectivity index (χ1) is 6.24. The van der Waals surface area contributed by atoms with Crippen LogP contribution in [0.2, 0.25) is 0 Å². The van der Waals surface area contributed by atoms with E-state index in [1.807, 2.05) is 12.1 Å². The van der Waals surface area contributed by atoms with Crippen LogP contribution in [-0.2, 0) is 0 Å². The van der Waals surface area contributed by atoms with Crippen molar-refractivity contribution in [3.05, 3.63) is 35.6 Å². The van der Waals surface area contributed by atoms with Crippen LogP contribution in [0.3, 0.4) is 0 Å². The predicted molar refractivity (Wildman–Crippen MR) is 54.3 cm³/mol. The molecule has 0 fully saturated rings. The highest BCUT2D eigenvalue weighted by Crippen LogP contribution is 2.21. The summed E-state index contributed by atoms with van der Waals surface area (Å²) in [5.41, 5.74) is 1.25. The fourth-order valence-electron chi connectivity index (χ4n) is 1.47. The molecule has 0 heterocycles. The largest absolute Gasteiger partial charge is 0.207 e. The molecule has 1 atom stereocenters. The van der Waals surface area contributed by atoms with E-state index >= 15 is 0 Å². The van der Waals surface area contributed by atoms with Gasteiger partial charge in [-0.1, -0.05) is 38.8 Å². The van der Waals surface area contributed by atoms with Crippen molar-refractivity contribution in [2.75, 3.05) is 0 Å². The van der Waals surface area contributed by atoms with Crippen LogP contribution in [0.15, 0.2) is 24.3 Å². The molecule has 0 nitrogen and oxygen atoms in total. The van der Waals surface area contributed by atoms with Crippen LogP contribution in [0, 0.1) is 5.82 Å². The molecule has 72 valence electrons. The maximum atomic E-state index is 12.6. The number of unbranched alkanes of at least 4 members (excludes halogenated alkanes) is 1. The molecule has 0 radical (unpaired) electrons. The summed E-state index contributed by atoms with van der Waals surface area (Å²) >= 11 is 0. The molecule has 0 saturated heterocycles. The lowest BCUT2D eigenvalue weighted by Gasteiger charge is -2.10. The van der Waals surface area contributed by atoms with Crippen molar-refractivity contribution in [3.63, 3.8) is 0 Å². The quantitative estimate of drug-likeness (QED) is 0.653. The second-order valence-corrected chi connectivity index (χ2v) is 3.59. The molecule has 0 unspecified atom stereocenters. The molecule has 0 aromatic heterocycles. The normalized spacial score (nSPS) is 12.8. The zero-order valence-electron chi connectivity index (χ0n) is 8.39. The van der Waals surface area contributed by atoms with E-state index in [1.54, 1.807) is 0 Å². The minimum Gasteiger partial charge on any atom is -0.207 e. The van der Waals surface area contributed by atoms with E-state index < -0.39 is 0 Å². The van der Waals surface area contributed by atoms with E-state index in [0.717, 1.165) is 0 Å². The molecule has 0 spiro atoms. The summed E-state index contributed by atoms with van der Waals surface area (Å²) in [5.74, 6) is 0.409. The number of hydrogen-bond donors (Lipinski definition) is 0. The van der Waals surface area contributed by atoms with Crippen LogP contribution in [0.1, 0.15) is 44.6 Å². The topological polar surface area (TPSA) is 0 Å². The van der Waals surface area contributed by atoms with Crippen molar-refractivity contribution in [2.24, 2.45) is 0 Å². The maximum absolute atomic E-state index is 12.6. The van der Waals surface area contributed by atoms with Crippen LogP contribution in [0.5, 0.6) is 0 Å². The second-order valence-electron chi connectivity index (χ2n) is 3.59. The smallest absolute Gasteiger partial charge is 0.123 e. The van der Waals surface area contributed by atoms with Gasteiger partial charge in [-0.3, -0.25) is 0 Å². The van der Waals surface area contributed by atoms with Gasteiger partial charge in [-0.25, -0.2) is 4.39 Å². The third-order valence-electron chi connectivity index (χ3n) is 2.43. The Bertz CT molecular complexity index is 238. The zero-order valence-corrected chi connectivity index (χ0v) is 8.39. The summed E-state index contributed by atoms with van der Waals surface area (Å²) in [6.45, 7) is 4.39. The third kappa shape index (κ3) is 3.17. The summed E-state index contributed by atoms with van der Waals surface area (Å²) in [6.07, 6.45) is 3.67. The highest BCUT2D eigenvalue weighted by Gasteiger charge is 2.03. The Balaban J connectivity index is 2.55. The van der Waals surface area contributed by atoms with Crippen LogP contribution in [0.25, 0.3) is 0 Å². The molecule has 0 bridgehead atoms. The van der Waals surface area contributed by atoms with Crippen molar-refractivity contribution in [3.8, 4) is 0 Å². The van der Waals surface area contributed by atoms with Crippen molar-refractivity contribution in [2.45, 2.75) is 39.0 Å². The van der Waals surface area contributed by atoms with Crippen LogP contribution < -0.4 is 0 Å². The molecule has 1 rings (SSSR count). The molecule has 1 aromatic rings. The molecule has 0 aliphatic carbocycles. The predicted octanol–water partition coefficient (Wildman–Crippen LogP) is 4.12. The highest BCUT2D eigenvalue weighted by molar-refractivity contribution is 5.19. The standard InChI is InChI=1S/C12H17F/c1-3-4-5-10(2)11-6-8-12(13)9-7-11/h6-10H,3-5H2,1-2H3/t10-/m0/s1. The van der Waals surface area contributed by atoms with E-state index in [-0.39, 0.29) is 5.82 Å². The minimum absolute atomic E-state index is 0.147. The monoisotopic (exact) mass is 180 g/mol. The number of halogens is 1. The number of hydrogen-bond acceptors (Lipinski definition) is 0. The lowest BCUT2D eigenvalue weighted by atomic mass is 9.96. The van der Waals surface area contributed by atoms with Crippen molar-refractivity contribution >= 4 is 0 Å². The lowest BCUT2D eigenvalue weighted by Crippen LogP contribution is -1.93. The average Bonchev–Trinajstić information content (AvgIpc) is 2.15. The highest BCUT2D eigenvalue weighted by atomic mass is 19.1. The fraction of sp³-hybridized carbons (Fsp3) is 0.500. The van der Waals surface area contributed by atoms with Crippen LogP contribution in [0.4, 0.5) is 4.39 Å². The molecule has 0 aliphatic heterocycles. The van der Waals surface area contributed by atoms with Gasteiger partial charge >= 0.3 is 0 Å². The maximum Gasteiger partial charge on any atom is 0.123 e. The summed E-state index contributed by atoms with van der Waals surface area (Å²) in [5, 5.41) is 0. The first kappa shape index (κ1) is 10.2. The van der Waals surface area contributed by atoms with Crippen molar-refractivity contribution < 1.29 is 4.39 Å². The molecule has 1 heteroatoms. The van der Waals surface area contributed by atoms with Gasteiger partial charge in [0.05, 0.1) is 0 Å². The summed E-state index contributed by atoms with van der Waals surface area (Å²) in [6, 6.07) is 6.85.